The van der Waals surface area contributed by atoms with Gasteiger partial charge in [0, 0.05) is 17.5 Å². The van der Waals surface area contributed by atoms with Gasteiger partial charge in [0.05, 0.1) is 19.2 Å². The van der Waals surface area contributed by atoms with Crippen LogP contribution in [0.5, 0.6) is 5.75 Å². The van der Waals surface area contributed by atoms with Gasteiger partial charge in [-0.05, 0) is 17.7 Å². The molecule has 3 aromatic rings. The third-order valence-corrected chi connectivity index (χ3v) is 6.05. The van der Waals surface area contributed by atoms with Crippen LogP contribution < -0.4 is 9.04 Å². The molecule has 10 heteroatoms. The number of methoxy groups -OCH3 is 1. The van der Waals surface area contributed by atoms with Gasteiger partial charge in [-0.2, -0.15) is 0 Å². The summed E-state index contributed by atoms with van der Waals surface area (Å²) in [6, 6.07) is 7.13. The number of sulfonamides is 1. The Bertz CT molecular complexity index is 1020. The molecule has 0 saturated heterocycles. The van der Waals surface area contributed by atoms with Gasteiger partial charge >= 0.3 is 0 Å². The predicted molar refractivity (Wildman–Crippen MR) is 94.8 cm³/mol. The normalized spacial score (nSPS) is 11.4. The van der Waals surface area contributed by atoms with E-state index in [1.165, 1.54) is 18.0 Å². The van der Waals surface area contributed by atoms with Gasteiger partial charge in [-0.1, -0.05) is 12.1 Å². The Kier molecular flexibility index (Phi) is 5.38. The van der Waals surface area contributed by atoms with Gasteiger partial charge in [-0.15, -0.1) is 11.3 Å². The van der Waals surface area contributed by atoms with Crippen molar-refractivity contribution in [3.05, 3.63) is 70.3 Å². The largest absolute Gasteiger partial charge is 0.497 e. The number of thiazole rings is 1. The lowest BCUT2D eigenvalue weighted by Crippen LogP contribution is -2.32. The molecule has 0 atom stereocenters. The highest BCUT2D eigenvalue weighted by Gasteiger charge is 2.33. The Morgan fingerprint density at radius 3 is 2.26 bits per heavy atom. The van der Waals surface area contributed by atoms with Crippen LogP contribution in [0.3, 0.4) is 0 Å². The second-order valence-electron chi connectivity index (χ2n) is 5.40. The lowest BCUT2D eigenvalue weighted by atomic mass is 10.2. The zero-order valence-electron chi connectivity index (χ0n) is 13.9. The molecular weight excluding hydrogens is 401 g/mol. The molecule has 0 bridgehead atoms. The van der Waals surface area contributed by atoms with Crippen molar-refractivity contribution in [2.24, 2.45) is 0 Å². The van der Waals surface area contributed by atoms with Gasteiger partial charge in [-0.25, -0.2) is 30.9 Å². The molecule has 1 heterocycles. The van der Waals surface area contributed by atoms with E-state index in [0.29, 0.717) is 23.4 Å². The maximum Gasteiger partial charge on any atom is 0.271 e. The summed E-state index contributed by atoms with van der Waals surface area (Å²) >= 11 is 1.12. The molecule has 0 aliphatic carbocycles. The molecule has 5 nitrogen and oxygen atoms in total. The lowest BCUT2D eigenvalue weighted by Gasteiger charge is -2.23. The van der Waals surface area contributed by atoms with Crippen LogP contribution in [0.25, 0.3) is 0 Å². The van der Waals surface area contributed by atoms with Crippen LogP contribution in [0.1, 0.15) is 5.56 Å². The molecule has 0 amide bonds. The van der Waals surface area contributed by atoms with Crippen LogP contribution in [0.2, 0.25) is 0 Å². The summed E-state index contributed by atoms with van der Waals surface area (Å²) in [5.74, 6) is -3.67. The summed E-state index contributed by atoms with van der Waals surface area (Å²) in [4.78, 5) is 2.71. The minimum absolute atomic E-state index is 0.000979. The highest BCUT2D eigenvalue weighted by molar-refractivity contribution is 7.92. The molecule has 3 rings (SSSR count). The number of hydrogen-bond donors (Lipinski definition) is 0. The first-order valence-corrected chi connectivity index (χ1v) is 9.89. The SMILES string of the molecule is COc1ccc(CN(c2cscn2)S(=O)(=O)c2c(F)cc(F)cc2F)cc1. The van der Waals surface area contributed by atoms with Gasteiger partial charge < -0.3 is 4.74 Å². The molecule has 0 aliphatic heterocycles. The molecule has 0 N–H and O–H groups in total. The van der Waals surface area contributed by atoms with Crippen molar-refractivity contribution in [3.8, 4) is 5.75 Å². The van der Waals surface area contributed by atoms with Crippen molar-refractivity contribution in [2.45, 2.75) is 11.4 Å². The summed E-state index contributed by atoms with van der Waals surface area (Å²) in [7, 11) is -3.20. The molecule has 142 valence electrons. The van der Waals surface area contributed by atoms with Crippen LogP contribution >= 0.6 is 11.3 Å². The Balaban J connectivity index is 2.08. The number of nitrogens with zero attached hydrogens (tertiary/aromatic N) is 2. The van der Waals surface area contributed by atoms with Crippen molar-refractivity contribution in [1.82, 2.24) is 4.98 Å². The van der Waals surface area contributed by atoms with E-state index < -0.39 is 32.4 Å². The van der Waals surface area contributed by atoms with Crippen molar-refractivity contribution in [1.29, 1.82) is 0 Å². The Hall–Kier alpha value is -2.59. The fourth-order valence-electron chi connectivity index (χ4n) is 2.40. The quantitative estimate of drug-likeness (QED) is 0.613. The number of aromatic nitrogens is 1. The summed E-state index contributed by atoms with van der Waals surface area (Å²) in [6.45, 7) is -0.230. The summed E-state index contributed by atoms with van der Waals surface area (Å²) < 4.78 is 73.2. The second-order valence-corrected chi connectivity index (χ2v) is 7.92. The fraction of sp³-hybridized carbons (Fsp3) is 0.118. The maximum absolute atomic E-state index is 14.1. The van der Waals surface area contributed by atoms with Crippen LogP contribution in [-0.4, -0.2) is 20.5 Å². The maximum atomic E-state index is 14.1. The molecular formula is C17H13F3N2O3S2. The first kappa shape index (κ1) is 19.2. The zero-order valence-corrected chi connectivity index (χ0v) is 15.5. The molecule has 1 aromatic heterocycles. The van der Waals surface area contributed by atoms with E-state index in [1.54, 1.807) is 24.3 Å². The van der Waals surface area contributed by atoms with Crippen LogP contribution in [0, 0.1) is 17.5 Å². The number of hydrogen-bond acceptors (Lipinski definition) is 5. The highest BCUT2D eigenvalue weighted by Crippen LogP contribution is 2.29. The van der Waals surface area contributed by atoms with Gasteiger partial charge in [0.1, 0.15) is 23.2 Å². The molecule has 0 radical (unpaired) electrons. The Morgan fingerprint density at radius 1 is 1.11 bits per heavy atom. The van der Waals surface area contributed by atoms with E-state index in [1.807, 2.05) is 0 Å². The van der Waals surface area contributed by atoms with Crippen LogP contribution in [0.15, 0.2) is 52.2 Å². The molecule has 0 fully saturated rings. The van der Waals surface area contributed by atoms with E-state index in [9.17, 15) is 21.6 Å². The van der Waals surface area contributed by atoms with Crippen LogP contribution in [0.4, 0.5) is 19.0 Å². The zero-order chi connectivity index (χ0) is 19.6. The molecule has 2 aromatic carbocycles. The molecule has 0 unspecified atom stereocenters. The topological polar surface area (TPSA) is 59.5 Å². The number of halogens is 3. The first-order chi connectivity index (χ1) is 12.8. The van der Waals surface area contributed by atoms with E-state index in [-0.39, 0.29) is 12.4 Å². The second kappa shape index (κ2) is 7.57. The summed E-state index contributed by atoms with van der Waals surface area (Å²) in [5, 5.41) is 1.43. The number of benzene rings is 2. The van der Waals surface area contributed by atoms with Crippen molar-refractivity contribution in [3.63, 3.8) is 0 Å². The monoisotopic (exact) mass is 414 g/mol. The number of anilines is 1. The van der Waals surface area contributed by atoms with Gasteiger partial charge in [0.25, 0.3) is 10.0 Å². The van der Waals surface area contributed by atoms with E-state index in [2.05, 4.69) is 4.98 Å². The molecule has 0 aliphatic rings. The lowest BCUT2D eigenvalue weighted by molar-refractivity contribution is 0.414. The molecule has 0 saturated carbocycles. The van der Waals surface area contributed by atoms with E-state index in [0.717, 1.165) is 15.6 Å². The highest BCUT2D eigenvalue weighted by atomic mass is 32.2. The predicted octanol–water partition coefficient (Wildman–Crippen LogP) is 3.96. The van der Waals surface area contributed by atoms with Crippen molar-refractivity contribution < 1.29 is 26.3 Å². The standard InChI is InChI=1S/C17H13F3N2O3S2/c1-25-13-4-2-11(3-5-13)8-22(16-9-26-10-21-16)27(23,24)17-14(19)6-12(18)7-15(17)20/h2-7,9-10H,8H2,1H3. The van der Waals surface area contributed by atoms with Gasteiger partial charge in [0.15, 0.2) is 10.7 Å². The molecule has 0 spiro atoms. The van der Waals surface area contributed by atoms with Gasteiger partial charge in [-0.3, -0.25) is 0 Å². The van der Waals surface area contributed by atoms with Crippen molar-refractivity contribution in [2.75, 3.05) is 11.4 Å². The average molecular weight is 414 g/mol. The molecule has 27 heavy (non-hydrogen) atoms. The van der Waals surface area contributed by atoms with Crippen LogP contribution in [-0.2, 0) is 16.6 Å². The van der Waals surface area contributed by atoms with E-state index in [4.69, 9.17) is 4.74 Å². The minimum Gasteiger partial charge on any atom is -0.497 e. The third-order valence-electron chi connectivity index (χ3n) is 3.67. The fourth-order valence-corrected chi connectivity index (χ4v) is 4.50. The average Bonchev–Trinajstić information content (AvgIpc) is 3.13. The smallest absolute Gasteiger partial charge is 0.271 e. The Morgan fingerprint density at radius 2 is 1.74 bits per heavy atom. The van der Waals surface area contributed by atoms with E-state index >= 15 is 0 Å². The summed E-state index contributed by atoms with van der Waals surface area (Å²) in [6.07, 6.45) is 0. The number of rotatable bonds is 6. The first-order valence-electron chi connectivity index (χ1n) is 7.51. The minimum atomic E-state index is -4.69. The van der Waals surface area contributed by atoms with Gasteiger partial charge in [0.2, 0.25) is 0 Å². The summed E-state index contributed by atoms with van der Waals surface area (Å²) in [5.41, 5.74) is 1.93. The third kappa shape index (κ3) is 3.91. The number of ether oxygens (including phenoxy) is 1. The Labute approximate surface area is 157 Å². The van der Waals surface area contributed by atoms with Crippen molar-refractivity contribution >= 4 is 27.2 Å².